The number of aliphatic hydroxyl groups excluding tert-OH is 1. The molecule has 1 aromatic rings. The van der Waals surface area contributed by atoms with Crippen molar-refractivity contribution in [3.63, 3.8) is 0 Å². The number of nitrogens with zero attached hydrogens (tertiary/aromatic N) is 1. The Morgan fingerprint density at radius 3 is 3.18 bits per heavy atom. The minimum Gasteiger partial charge on any atom is -0.476 e. The lowest BCUT2D eigenvalue weighted by Crippen LogP contribution is -2.12. The molecule has 1 aromatic heterocycles. The normalized spacial score (nSPS) is 9.55. The molecule has 0 amide bonds. The zero-order valence-corrected chi connectivity index (χ0v) is 5.78. The van der Waals surface area contributed by atoms with Crippen LogP contribution in [-0.2, 0) is 0 Å². The number of aromatic amines is 1. The SMILES string of the molecule is O=c1nccc(OCCO)[nH]1. The summed E-state index contributed by atoms with van der Waals surface area (Å²) in [4.78, 5) is 16.3. The van der Waals surface area contributed by atoms with Gasteiger partial charge in [0.05, 0.1) is 6.61 Å². The van der Waals surface area contributed by atoms with Gasteiger partial charge in [-0.3, -0.25) is 4.98 Å². The van der Waals surface area contributed by atoms with Gasteiger partial charge in [0.15, 0.2) is 5.88 Å². The molecule has 0 aliphatic rings. The van der Waals surface area contributed by atoms with Gasteiger partial charge in [0.1, 0.15) is 6.61 Å². The first-order chi connectivity index (χ1) is 5.33. The van der Waals surface area contributed by atoms with Gasteiger partial charge in [-0.05, 0) is 0 Å². The van der Waals surface area contributed by atoms with Crippen molar-refractivity contribution in [2.75, 3.05) is 13.2 Å². The van der Waals surface area contributed by atoms with Crippen molar-refractivity contribution in [1.82, 2.24) is 9.97 Å². The lowest BCUT2D eigenvalue weighted by atomic mass is 10.6. The smallest absolute Gasteiger partial charge is 0.347 e. The van der Waals surface area contributed by atoms with Crippen molar-refractivity contribution in [2.45, 2.75) is 0 Å². The molecule has 1 rings (SSSR count). The van der Waals surface area contributed by atoms with E-state index in [0.29, 0.717) is 5.88 Å². The molecule has 2 N–H and O–H groups in total. The number of hydrogen-bond donors (Lipinski definition) is 2. The average molecular weight is 156 g/mol. The van der Waals surface area contributed by atoms with Gasteiger partial charge in [-0.25, -0.2) is 9.78 Å². The molecule has 0 aliphatic carbocycles. The number of H-pyrrole nitrogens is 1. The van der Waals surface area contributed by atoms with Gasteiger partial charge in [-0.2, -0.15) is 0 Å². The topological polar surface area (TPSA) is 75.2 Å². The van der Waals surface area contributed by atoms with E-state index in [9.17, 15) is 4.79 Å². The molecule has 1 heterocycles. The fourth-order valence-electron chi connectivity index (χ4n) is 0.592. The largest absolute Gasteiger partial charge is 0.476 e. The van der Waals surface area contributed by atoms with Crippen LogP contribution >= 0.6 is 0 Å². The van der Waals surface area contributed by atoms with E-state index in [1.54, 1.807) is 0 Å². The Balaban J connectivity index is 2.64. The summed E-state index contributed by atoms with van der Waals surface area (Å²) in [6.45, 7) is 0.0876. The van der Waals surface area contributed by atoms with Gasteiger partial charge in [0.2, 0.25) is 0 Å². The zero-order chi connectivity index (χ0) is 8.10. The number of ether oxygens (including phenoxy) is 1. The summed E-state index contributed by atoms with van der Waals surface area (Å²) in [5.74, 6) is 0.319. The van der Waals surface area contributed by atoms with Gasteiger partial charge < -0.3 is 9.84 Å². The number of hydrogen-bond acceptors (Lipinski definition) is 4. The highest BCUT2D eigenvalue weighted by molar-refractivity contribution is 5.04. The molecule has 0 fully saturated rings. The Morgan fingerprint density at radius 1 is 1.73 bits per heavy atom. The minimum atomic E-state index is -0.458. The molecule has 0 unspecified atom stereocenters. The van der Waals surface area contributed by atoms with Crippen LogP contribution in [0.5, 0.6) is 5.88 Å². The second-order valence-electron chi connectivity index (χ2n) is 1.81. The molecule has 5 heteroatoms. The Morgan fingerprint density at radius 2 is 2.55 bits per heavy atom. The second-order valence-corrected chi connectivity index (χ2v) is 1.81. The van der Waals surface area contributed by atoms with Crippen LogP contribution in [-0.4, -0.2) is 28.3 Å². The molecule has 11 heavy (non-hydrogen) atoms. The lowest BCUT2D eigenvalue weighted by Gasteiger charge is -2.00. The van der Waals surface area contributed by atoms with E-state index in [1.165, 1.54) is 12.3 Å². The second kappa shape index (κ2) is 3.72. The molecule has 0 saturated heterocycles. The van der Waals surface area contributed by atoms with Gasteiger partial charge in [0, 0.05) is 12.3 Å². The molecule has 0 saturated carbocycles. The summed E-state index contributed by atoms with van der Waals surface area (Å²) >= 11 is 0. The van der Waals surface area contributed by atoms with Crippen molar-refractivity contribution in [2.24, 2.45) is 0 Å². The Kier molecular flexibility index (Phi) is 2.62. The zero-order valence-electron chi connectivity index (χ0n) is 5.78. The van der Waals surface area contributed by atoms with Crippen molar-refractivity contribution in [3.05, 3.63) is 22.7 Å². The first-order valence-electron chi connectivity index (χ1n) is 3.12. The van der Waals surface area contributed by atoms with E-state index in [4.69, 9.17) is 9.84 Å². The van der Waals surface area contributed by atoms with Crippen molar-refractivity contribution in [3.8, 4) is 5.88 Å². The Hall–Kier alpha value is -1.36. The molecule has 60 valence electrons. The third kappa shape index (κ3) is 2.38. The fraction of sp³-hybridized carbons (Fsp3) is 0.333. The van der Waals surface area contributed by atoms with Crippen LogP contribution < -0.4 is 10.4 Å². The summed E-state index contributed by atoms with van der Waals surface area (Å²) in [6.07, 6.45) is 1.34. The van der Waals surface area contributed by atoms with Crippen LogP contribution in [0.4, 0.5) is 0 Å². The molecule has 0 radical (unpaired) electrons. The molecule has 0 aliphatic heterocycles. The highest BCUT2D eigenvalue weighted by Crippen LogP contribution is 1.97. The predicted octanol–water partition coefficient (Wildman–Crippen LogP) is -0.859. The highest BCUT2D eigenvalue weighted by atomic mass is 16.5. The maximum Gasteiger partial charge on any atom is 0.347 e. The van der Waals surface area contributed by atoms with Crippen molar-refractivity contribution >= 4 is 0 Å². The Bertz CT molecular complexity index is 271. The summed E-state index contributed by atoms with van der Waals surface area (Å²) in [7, 11) is 0. The molecule has 0 atom stereocenters. The first-order valence-corrected chi connectivity index (χ1v) is 3.12. The van der Waals surface area contributed by atoms with Gasteiger partial charge in [-0.1, -0.05) is 0 Å². The van der Waals surface area contributed by atoms with Crippen LogP contribution in [0, 0.1) is 0 Å². The molecule has 0 spiro atoms. The number of aliphatic hydroxyl groups is 1. The number of aromatic nitrogens is 2. The molecular weight excluding hydrogens is 148 g/mol. The van der Waals surface area contributed by atoms with Crippen LogP contribution in [0.3, 0.4) is 0 Å². The minimum absolute atomic E-state index is 0.0790. The number of nitrogens with one attached hydrogen (secondary N) is 1. The summed E-state index contributed by atoms with van der Waals surface area (Å²) in [6, 6.07) is 1.51. The lowest BCUT2D eigenvalue weighted by molar-refractivity contribution is 0.196. The Labute approximate surface area is 62.7 Å². The number of rotatable bonds is 3. The highest BCUT2D eigenvalue weighted by Gasteiger charge is 1.91. The average Bonchev–Trinajstić information content (AvgIpc) is 2.01. The van der Waals surface area contributed by atoms with Crippen LogP contribution in [0.15, 0.2) is 17.1 Å². The summed E-state index contributed by atoms with van der Waals surface area (Å²) in [5.41, 5.74) is -0.458. The van der Waals surface area contributed by atoms with E-state index in [0.717, 1.165) is 0 Å². The van der Waals surface area contributed by atoms with E-state index >= 15 is 0 Å². The fourth-order valence-corrected chi connectivity index (χ4v) is 0.592. The van der Waals surface area contributed by atoms with Crippen molar-refractivity contribution < 1.29 is 9.84 Å². The standard InChI is InChI=1S/C6H8N2O3/c9-3-4-11-5-1-2-7-6(10)8-5/h1-2,9H,3-4H2,(H,7,8,10). The van der Waals surface area contributed by atoms with E-state index in [-0.39, 0.29) is 13.2 Å². The van der Waals surface area contributed by atoms with E-state index < -0.39 is 5.69 Å². The van der Waals surface area contributed by atoms with Gasteiger partial charge in [0.25, 0.3) is 0 Å². The van der Waals surface area contributed by atoms with Gasteiger partial charge >= 0.3 is 5.69 Å². The molecular formula is C6H8N2O3. The molecule has 0 bridgehead atoms. The summed E-state index contributed by atoms with van der Waals surface area (Å²) < 4.78 is 4.89. The maximum absolute atomic E-state index is 10.5. The third-order valence-electron chi connectivity index (χ3n) is 0.997. The molecule has 5 nitrogen and oxygen atoms in total. The summed E-state index contributed by atoms with van der Waals surface area (Å²) in [5, 5.41) is 8.36. The predicted molar refractivity (Wildman–Crippen MR) is 37.4 cm³/mol. The van der Waals surface area contributed by atoms with Crippen LogP contribution in [0.1, 0.15) is 0 Å². The van der Waals surface area contributed by atoms with E-state index in [2.05, 4.69) is 9.97 Å². The van der Waals surface area contributed by atoms with Crippen molar-refractivity contribution in [1.29, 1.82) is 0 Å². The third-order valence-corrected chi connectivity index (χ3v) is 0.997. The monoisotopic (exact) mass is 156 g/mol. The molecule has 0 aromatic carbocycles. The quantitative estimate of drug-likeness (QED) is 0.597. The van der Waals surface area contributed by atoms with E-state index in [1.807, 2.05) is 0 Å². The van der Waals surface area contributed by atoms with Crippen LogP contribution in [0.25, 0.3) is 0 Å². The maximum atomic E-state index is 10.5. The first kappa shape index (κ1) is 7.74. The van der Waals surface area contributed by atoms with Crippen LogP contribution in [0.2, 0.25) is 0 Å². The van der Waals surface area contributed by atoms with Gasteiger partial charge in [-0.15, -0.1) is 0 Å².